The van der Waals surface area contributed by atoms with Gasteiger partial charge in [0.05, 0.1) is 18.3 Å². The number of allylic oxidation sites excluding steroid dienone is 3. The Labute approximate surface area is 270 Å². The highest BCUT2D eigenvalue weighted by Crippen LogP contribution is 2.55. The van der Waals surface area contributed by atoms with E-state index >= 15 is 0 Å². The molecule has 1 saturated carbocycles. The van der Waals surface area contributed by atoms with E-state index < -0.39 is 47.4 Å². The summed E-state index contributed by atoms with van der Waals surface area (Å²) in [7, 11) is 0. The zero-order chi connectivity index (χ0) is 33.2. The standard InChI is InChI=1S/C36H49NO9/c1-16-8-9-36(46-33(16)22-12-23(38)14-24(39)13-22)19(4)10-18(3)27(45-36)15-25-17(2)11-21-6-7-26(40)20(5)28(21)29(25)31(41)30-32(42)35(44)37-34(30)43/h11-14,16,18-21,25-29,33,35,38-41,44H,6-10,15H2,1-5H3,(H,37,43)/b31-30-/t16-,18-,19-,20-,21?,25+,26+,27+,28?,29-,33-,35?,36?/m0/s1. The van der Waals surface area contributed by atoms with Gasteiger partial charge < -0.3 is 40.3 Å². The van der Waals surface area contributed by atoms with Crippen LogP contribution < -0.4 is 5.32 Å². The number of phenols is 2. The maximum Gasteiger partial charge on any atom is 0.260 e. The zero-order valence-electron chi connectivity index (χ0n) is 27.3. The van der Waals surface area contributed by atoms with Crippen LogP contribution in [-0.4, -0.2) is 61.4 Å². The number of fused-ring (bicyclic) bond motifs is 1. The second kappa shape index (κ2) is 12.3. The molecular weight excluding hydrogens is 590 g/mol. The number of aliphatic hydroxyl groups excluding tert-OH is 3. The Balaban J connectivity index is 1.35. The average molecular weight is 640 g/mol. The van der Waals surface area contributed by atoms with Crippen LogP contribution >= 0.6 is 0 Å². The maximum absolute atomic E-state index is 12.9. The van der Waals surface area contributed by atoms with Gasteiger partial charge in [-0.05, 0) is 92.2 Å². The summed E-state index contributed by atoms with van der Waals surface area (Å²) in [5, 5.41) is 55.5. The molecule has 13 atom stereocenters. The Morgan fingerprint density at radius 1 is 0.978 bits per heavy atom. The van der Waals surface area contributed by atoms with E-state index in [9.17, 15) is 35.1 Å². The van der Waals surface area contributed by atoms with Crippen molar-refractivity contribution in [2.75, 3.05) is 0 Å². The van der Waals surface area contributed by atoms with Gasteiger partial charge in [0.2, 0.25) is 5.78 Å². The number of ketones is 1. The molecule has 4 unspecified atom stereocenters. The molecule has 1 aromatic carbocycles. The molecule has 4 fully saturated rings. The highest BCUT2D eigenvalue weighted by Gasteiger charge is 2.54. The Morgan fingerprint density at radius 3 is 2.33 bits per heavy atom. The third kappa shape index (κ3) is 5.65. The number of rotatable bonds is 4. The highest BCUT2D eigenvalue weighted by molar-refractivity contribution is 6.26. The molecule has 2 aliphatic carbocycles. The van der Waals surface area contributed by atoms with Gasteiger partial charge in [-0.2, -0.15) is 0 Å². The van der Waals surface area contributed by atoms with Gasteiger partial charge in [0.15, 0.2) is 12.0 Å². The summed E-state index contributed by atoms with van der Waals surface area (Å²) in [6, 6.07) is 4.54. The number of aliphatic hydroxyl groups is 3. The second-order valence-electron chi connectivity index (χ2n) is 14.9. The largest absolute Gasteiger partial charge is 0.511 e. The van der Waals surface area contributed by atoms with Gasteiger partial charge in [0.25, 0.3) is 5.91 Å². The molecule has 0 aromatic heterocycles. The van der Waals surface area contributed by atoms with Gasteiger partial charge in [0.1, 0.15) is 22.8 Å². The summed E-state index contributed by atoms with van der Waals surface area (Å²) in [4.78, 5) is 25.7. The fourth-order valence-corrected chi connectivity index (χ4v) is 9.40. The number of hydrogen-bond donors (Lipinski definition) is 6. The van der Waals surface area contributed by atoms with Crippen LogP contribution in [0.25, 0.3) is 0 Å². The average Bonchev–Trinajstić information content (AvgIpc) is 3.24. The van der Waals surface area contributed by atoms with Crippen molar-refractivity contribution < 1.29 is 44.6 Å². The van der Waals surface area contributed by atoms with Crippen molar-refractivity contribution in [2.24, 2.45) is 47.3 Å². The molecule has 1 aromatic rings. The molecule has 6 rings (SSSR count). The first kappa shape index (κ1) is 33.0. The van der Waals surface area contributed by atoms with Crippen molar-refractivity contribution in [1.82, 2.24) is 5.32 Å². The van der Waals surface area contributed by atoms with E-state index in [1.807, 2.05) is 13.8 Å². The minimum absolute atomic E-state index is 0.0311. The van der Waals surface area contributed by atoms with Gasteiger partial charge in [-0.1, -0.05) is 39.3 Å². The number of aromatic hydroxyl groups is 2. The lowest BCUT2D eigenvalue weighted by molar-refractivity contribution is -0.356. The van der Waals surface area contributed by atoms with Crippen LogP contribution in [0.1, 0.15) is 84.8 Å². The van der Waals surface area contributed by atoms with E-state index in [1.165, 1.54) is 6.07 Å². The molecule has 5 aliphatic rings. The first-order valence-electron chi connectivity index (χ1n) is 16.9. The zero-order valence-corrected chi connectivity index (χ0v) is 27.3. The predicted octanol–water partition coefficient (Wildman–Crippen LogP) is 4.78. The number of ether oxygens (including phenoxy) is 2. The van der Waals surface area contributed by atoms with Crippen LogP contribution in [0.15, 0.2) is 41.2 Å². The molecular formula is C36H49NO9. The molecule has 10 nitrogen and oxygen atoms in total. The summed E-state index contributed by atoms with van der Waals surface area (Å²) < 4.78 is 13.9. The van der Waals surface area contributed by atoms with Gasteiger partial charge in [-0.25, -0.2) is 0 Å². The van der Waals surface area contributed by atoms with E-state index in [4.69, 9.17) is 9.47 Å². The van der Waals surface area contributed by atoms with Crippen LogP contribution in [0.2, 0.25) is 0 Å². The van der Waals surface area contributed by atoms with Gasteiger partial charge >= 0.3 is 0 Å². The molecule has 0 bridgehead atoms. The van der Waals surface area contributed by atoms with E-state index in [2.05, 4.69) is 32.2 Å². The molecule has 1 amide bonds. The summed E-state index contributed by atoms with van der Waals surface area (Å²) in [6.45, 7) is 10.4. The van der Waals surface area contributed by atoms with Crippen LogP contribution in [0.3, 0.4) is 0 Å². The molecule has 0 radical (unpaired) electrons. The number of hydrogen-bond acceptors (Lipinski definition) is 9. The number of phenolic OH excluding ortho intramolecular Hbond substituents is 2. The van der Waals surface area contributed by atoms with Crippen LogP contribution in [0.5, 0.6) is 11.5 Å². The van der Waals surface area contributed by atoms with E-state index in [0.29, 0.717) is 24.8 Å². The summed E-state index contributed by atoms with van der Waals surface area (Å²) in [5.74, 6) is -3.85. The fraction of sp³-hybridized carbons (Fsp3) is 0.667. The summed E-state index contributed by atoms with van der Waals surface area (Å²) >= 11 is 0. The highest BCUT2D eigenvalue weighted by atomic mass is 16.7. The molecule has 3 saturated heterocycles. The fourth-order valence-electron chi connectivity index (χ4n) is 9.40. The summed E-state index contributed by atoms with van der Waals surface area (Å²) in [6.07, 6.45) is 3.50. The number of amides is 1. The molecule has 3 aliphatic heterocycles. The molecule has 252 valence electrons. The van der Waals surface area contributed by atoms with Crippen LogP contribution in [0.4, 0.5) is 0 Å². The lowest BCUT2D eigenvalue weighted by Crippen LogP contribution is -2.55. The number of benzene rings is 1. The maximum atomic E-state index is 12.9. The first-order chi connectivity index (χ1) is 21.7. The normalized spacial score (nSPS) is 44.0. The Morgan fingerprint density at radius 2 is 1.67 bits per heavy atom. The second-order valence-corrected chi connectivity index (χ2v) is 14.9. The van der Waals surface area contributed by atoms with Crippen molar-refractivity contribution in [3.8, 4) is 11.5 Å². The number of carbonyl (C=O) groups excluding carboxylic acids is 2. The smallest absolute Gasteiger partial charge is 0.260 e. The van der Waals surface area contributed by atoms with E-state index in [-0.39, 0.29) is 64.8 Å². The Hall–Kier alpha value is -2.92. The minimum atomic E-state index is -1.69. The number of carbonyl (C=O) groups is 2. The van der Waals surface area contributed by atoms with Gasteiger partial charge in [-0.15, -0.1) is 0 Å². The van der Waals surface area contributed by atoms with Crippen molar-refractivity contribution in [3.63, 3.8) is 0 Å². The third-order valence-corrected chi connectivity index (χ3v) is 12.0. The predicted molar refractivity (Wildman–Crippen MR) is 168 cm³/mol. The van der Waals surface area contributed by atoms with Gasteiger partial charge in [-0.3, -0.25) is 9.59 Å². The summed E-state index contributed by atoms with van der Waals surface area (Å²) in [5.41, 5.74) is 1.34. The lowest BCUT2D eigenvalue weighted by Gasteiger charge is -2.54. The van der Waals surface area contributed by atoms with Crippen molar-refractivity contribution in [3.05, 3.63) is 46.7 Å². The van der Waals surface area contributed by atoms with Crippen molar-refractivity contribution >= 4 is 11.7 Å². The number of Topliss-reactive ketones (excluding diaryl/α,β-unsaturated/α-hetero) is 1. The SMILES string of the molecule is CC1=CC2CC[C@@H](O)[C@H](C)C2[C@@H](/C(O)=C2/C(=O)NC(O)C2=O)[C@@H]1C[C@H]1OC2(CC[C@H](C)[C@@H](c3cc(O)cc(O)c3)O2)[C@@H](C)C[C@@H]1C. The van der Waals surface area contributed by atoms with Crippen LogP contribution in [-0.2, 0) is 19.1 Å². The third-order valence-electron chi connectivity index (χ3n) is 12.0. The van der Waals surface area contributed by atoms with E-state index in [0.717, 1.165) is 24.8 Å². The molecule has 6 N–H and O–H groups in total. The monoisotopic (exact) mass is 639 g/mol. The Bertz CT molecular complexity index is 1420. The van der Waals surface area contributed by atoms with Crippen molar-refractivity contribution in [1.29, 1.82) is 0 Å². The number of nitrogens with one attached hydrogen (secondary N) is 1. The molecule has 10 heteroatoms. The minimum Gasteiger partial charge on any atom is -0.511 e. The Kier molecular flexibility index (Phi) is 8.80. The van der Waals surface area contributed by atoms with Gasteiger partial charge in [0, 0.05) is 24.3 Å². The first-order valence-corrected chi connectivity index (χ1v) is 16.9. The molecule has 46 heavy (non-hydrogen) atoms. The topological polar surface area (TPSA) is 166 Å². The van der Waals surface area contributed by atoms with Crippen molar-refractivity contribution in [2.45, 2.75) is 103 Å². The van der Waals surface area contributed by atoms with Crippen LogP contribution in [0, 0.1) is 47.3 Å². The lowest BCUT2D eigenvalue weighted by atomic mass is 9.56. The quantitative estimate of drug-likeness (QED) is 0.118. The molecule has 1 spiro atoms. The van der Waals surface area contributed by atoms with E-state index in [1.54, 1.807) is 12.1 Å². The molecule has 3 heterocycles.